The SMILES string of the molecule is Cc1cc(C)c(N(c2ccc(N(c3cncc(-c4ccccc4)n3)c3cc4ccccc4cc3-c3ccccc3)cc2)c2c(C)cc(C)cc2C)c(C)c1. The maximum atomic E-state index is 5.28. The number of fused-ring (bicyclic) bond motifs is 1. The maximum absolute atomic E-state index is 5.28. The zero-order valence-corrected chi connectivity index (χ0v) is 31.8. The van der Waals surface area contributed by atoms with Crippen LogP contribution in [0.1, 0.15) is 33.4 Å². The van der Waals surface area contributed by atoms with Gasteiger partial charge >= 0.3 is 0 Å². The Morgan fingerprint density at radius 2 is 0.889 bits per heavy atom. The Balaban J connectivity index is 1.35. The van der Waals surface area contributed by atoms with Crippen LogP contribution in [0.4, 0.5) is 34.3 Å². The zero-order chi connectivity index (χ0) is 37.3. The molecule has 0 radical (unpaired) electrons. The van der Waals surface area contributed by atoms with E-state index < -0.39 is 0 Å². The molecule has 0 N–H and O–H groups in total. The van der Waals surface area contributed by atoms with E-state index in [2.05, 4.69) is 179 Å². The molecule has 0 spiro atoms. The lowest BCUT2D eigenvalue weighted by Gasteiger charge is -2.33. The molecule has 0 atom stereocenters. The number of benzene rings is 7. The van der Waals surface area contributed by atoms with Crippen LogP contribution in [0.2, 0.25) is 0 Å². The third-order valence-corrected chi connectivity index (χ3v) is 10.2. The van der Waals surface area contributed by atoms with Gasteiger partial charge in [-0.1, -0.05) is 120 Å². The van der Waals surface area contributed by atoms with Crippen LogP contribution in [0, 0.1) is 41.5 Å². The van der Waals surface area contributed by atoms with E-state index in [0.29, 0.717) is 0 Å². The predicted molar refractivity (Wildman–Crippen MR) is 228 cm³/mol. The average molecular weight is 701 g/mol. The first-order valence-corrected chi connectivity index (χ1v) is 18.6. The maximum Gasteiger partial charge on any atom is 0.156 e. The largest absolute Gasteiger partial charge is 0.309 e. The minimum Gasteiger partial charge on any atom is -0.309 e. The summed E-state index contributed by atoms with van der Waals surface area (Å²) >= 11 is 0. The highest BCUT2D eigenvalue weighted by Crippen LogP contribution is 2.46. The number of nitrogens with zero attached hydrogens (tertiary/aromatic N) is 4. The molecule has 8 rings (SSSR count). The van der Waals surface area contributed by atoms with Crippen molar-refractivity contribution in [3.8, 4) is 22.4 Å². The first-order valence-electron chi connectivity index (χ1n) is 18.6. The molecule has 264 valence electrons. The van der Waals surface area contributed by atoms with Gasteiger partial charge in [-0.3, -0.25) is 9.88 Å². The van der Waals surface area contributed by atoms with E-state index in [1.807, 2.05) is 30.6 Å². The third-order valence-electron chi connectivity index (χ3n) is 10.2. The standard InChI is InChI=1S/C50H44N4/c1-33-25-35(3)49(36(4)26-33)54(50-37(5)27-34(2)28-38(50)6)44-23-21-43(22-24-44)53(48-32-51-31-46(52-48)40-17-11-8-12-18-40)47-30-42-20-14-13-19-41(42)29-45(47)39-15-9-7-10-16-39/h7-32H,1-6H3. The van der Waals surface area contributed by atoms with Gasteiger partial charge in [0.15, 0.2) is 5.82 Å². The molecule has 0 aliphatic carbocycles. The van der Waals surface area contributed by atoms with Gasteiger partial charge in [-0.2, -0.15) is 0 Å². The second-order valence-corrected chi connectivity index (χ2v) is 14.4. The first-order chi connectivity index (χ1) is 26.2. The summed E-state index contributed by atoms with van der Waals surface area (Å²) in [7, 11) is 0. The summed E-state index contributed by atoms with van der Waals surface area (Å²) in [5.74, 6) is 0.740. The monoisotopic (exact) mass is 700 g/mol. The Hall–Kier alpha value is -6.52. The van der Waals surface area contributed by atoms with E-state index in [9.17, 15) is 0 Å². The van der Waals surface area contributed by atoms with Crippen LogP contribution in [0.25, 0.3) is 33.2 Å². The number of rotatable bonds is 8. The summed E-state index contributed by atoms with van der Waals surface area (Å²) in [6, 6.07) is 52.1. The van der Waals surface area contributed by atoms with Gasteiger partial charge < -0.3 is 4.90 Å². The normalized spacial score (nSPS) is 11.1. The molecule has 0 unspecified atom stereocenters. The number of anilines is 6. The lowest BCUT2D eigenvalue weighted by atomic mass is 9.97. The van der Waals surface area contributed by atoms with Crippen molar-refractivity contribution >= 4 is 45.0 Å². The van der Waals surface area contributed by atoms with Crippen LogP contribution < -0.4 is 9.80 Å². The minimum absolute atomic E-state index is 0.740. The Labute approximate surface area is 319 Å². The van der Waals surface area contributed by atoms with Crippen molar-refractivity contribution in [2.75, 3.05) is 9.80 Å². The van der Waals surface area contributed by atoms with Crippen LogP contribution in [0.5, 0.6) is 0 Å². The smallest absolute Gasteiger partial charge is 0.156 e. The second-order valence-electron chi connectivity index (χ2n) is 14.4. The highest BCUT2D eigenvalue weighted by molar-refractivity contribution is 5.98. The molecule has 0 aliphatic rings. The van der Waals surface area contributed by atoms with Gasteiger partial charge in [-0.15, -0.1) is 0 Å². The van der Waals surface area contributed by atoms with Crippen molar-refractivity contribution in [2.45, 2.75) is 41.5 Å². The molecule has 54 heavy (non-hydrogen) atoms. The van der Waals surface area contributed by atoms with Gasteiger partial charge in [0.05, 0.1) is 35.1 Å². The van der Waals surface area contributed by atoms with Gasteiger partial charge in [0.1, 0.15) is 0 Å². The highest BCUT2D eigenvalue weighted by atomic mass is 15.2. The fourth-order valence-corrected chi connectivity index (χ4v) is 8.04. The first kappa shape index (κ1) is 34.6. The van der Waals surface area contributed by atoms with Crippen LogP contribution in [0.3, 0.4) is 0 Å². The summed E-state index contributed by atoms with van der Waals surface area (Å²) in [6.07, 6.45) is 3.71. The fraction of sp³-hybridized carbons (Fsp3) is 0.120. The summed E-state index contributed by atoms with van der Waals surface area (Å²) < 4.78 is 0. The minimum atomic E-state index is 0.740. The summed E-state index contributed by atoms with van der Waals surface area (Å²) in [4.78, 5) is 14.7. The van der Waals surface area contributed by atoms with Crippen molar-refractivity contribution in [1.29, 1.82) is 0 Å². The van der Waals surface area contributed by atoms with Crippen molar-refractivity contribution in [3.63, 3.8) is 0 Å². The van der Waals surface area contributed by atoms with E-state index in [1.165, 1.54) is 50.1 Å². The van der Waals surface area contributed by atoms with Crippen molar-refractivity contribution in [3.05, 3.63) is 191 Å². The summed E-state index contributed by atoms with van der Waals surface area (Å²) in [6.45, 7) is 13.2. The summed E-state index contributed by atoms with van der Waals surface area (Å²) in [5.41, 5.74) is 17.1. The van der Waals surface area contributed by atoms with E-state index in [4.69, 9.17) is 9.97 Å². The van der Waals surface area contributed by atoms with Crippen LogP contribution >= 0.6 is 0 Å². The molecular formula is C50H44N4. The molecule has 0 aliphatic heterocycles. The Morgan fingerprint density at radius 1 is 0.426 bits per heavy atom. The van der Waals surface area contributed by atoms with Crippen LogP contribution in [-0.4, -0.2) is 9.97 Å². The lowest BCUT2D eigenvalue weighted by molar-refractivity contribution is 1.13. The van der Waals surface area contributed by atoms with Gasteiger partial charge in [-0.25, -0.2) is 4.98 Å². The molecule has 8 aromatic rings. The van der Waals surface area contributed by atoms with Crippen molar-refractivity contribution in [2.24, 2.45) is 0 Å². The number of hydrogen-bond donors (Lipinski definition) is 0. The molecule has 0 saturated carbocycles. The lowest BCUT2D eigenvalue weighted by Crippen LogP contribution is -2.17. The van der Waals surface area contributed by atoms with Crippen LogP contribution in [-0.2, 0) is 0 Å². The van der Waals surface area contributed by atoms with Crippen molar-refractivity contribution < 1.29 is 0 Å². The van der Waals surface area contributed by atoms with Gasteiger partial charge in [0.2, 0.25) is 0 Å². The highest BCUT2D eigenvalue weighted by Gasteiger charge is 2.24. The molecule has 4 nitrogen and oxygen atoms in total. The Kier molecular flexibility index (Phi) is 9.27. The second kappa shape index (κ2) is 14.5. The van der Waals surface area contributed by atoms with Gasteiger partial charge in [-0.05, 0) is 117 Å². The van der Waals surface area contributed by atoms with E-state index in [0.717, 1.165) is 50.7 Å². The topological polar surface area (TPSA) is 32.3 Å². The number of hydrogen-bond acceptors (Lipinski definition) is 4. The van der Waals surface area contributed by atoms with Crippen LogP contribution in [0.15, 0.2) is 158 Å². The molecular weight excluding hydrogens is 657 g/mol. The van der Waals surface area contributed by atoms with E-state index >= 15 is 0 Å². The predicted octanol–water partition coefficient (Wildman–Crippen LogP) is 13.8. The zero-order valence-electron chi connectivity index (χ0n) is 31.8. The molecule has 7 aromatic carbocycles. The summed E-state index contributed by atoms with van der Waals surface area (Å²) in [5, 5.41) is 2.34. The van der Waals surface area contributed by atoms with Crippen molar-refractivity contribution in [1.82, 2.24) is 9.97 Å². The molecule has 0 amide bonds. The molecule has 1 heterocycles. The number of aryl methyl sites for hydroxylation is 6. The average Bonchev–Trinajstić information content (AvgIpc) is 3.17. The van der Waals surface area contributed by atoms with E-state index in [-0.39, 0.29) is 0 Å². The van der Waals surface area contributed by atoms with Gasteiger partial charge in [0.25, 0.3) is 0 Å². The Morgan fingerprint density at radius 3 is 1.43 bits per heavy atom. The fourth-order valence-electron chi connectivity index (χ4n) is 8.04. The molecule has 0 fully saturated rings. The molecule has 4 heteroatoms. The molecule has 0 bridgehead atoms. The quantitative estimate of drug-likeness (QED) is 0.158. The number of aromatic nitrogens is 2. The Bertz CT molecular complexity index is 2510. The molecule has 1 aromatic heterocycles. The molecule has 0 saturated heterocycles. The van der Waals surface area contributed by atoms with E-state index in [1.54, 1.807) is 0 Å². The third kappa shape index (κ3) is 6.63. The van der Waals surface area contributed by atoms with Gasteiger partial charge in [0, 0.05) is 22.5 Å².